The van der Waals surface area contributed by atoms with Crippen molar-refractivity contribution >= 4 is 17.5 Å². The van der Waals surface area contributed by atoms with Crippen LogP contribution in [-0.4, -0.2) is 16.5 Å². The SMILES string of the molecule is C/C(=N\NC(=O)c1ccccc1Oc1ccccc1)c1ccc([N+](=O)[O-])o1. The van der Waals surface area contributed by atoms with Crippen LogP contribution in [-0.2, 0) is 0 Å². The molecule has 0 radical (unpaired) electrons. The molecule has 0 aliphatic heterocycles. The Balaban J connectivity index is 1.75. The van der Waals surface area contributed by atoms with Crippen LogP contribution >= 0.6 is 0 Å². The highest BCUT2D eigenvalue weighted by atomic mass is 16.6. The average Bonchev–Trinajstić information content (AvgIpc) is 3.18. The van der Waals surface area contributed by atoms with Crippen LogP contribution in [0.1, 0.15) is 23.0 Å². The van der Waals surface area contributed by atoms with Crippen LogP contribution in [0.25, 0.3) is 0 Å². The lowest BCUT2D eigenvalue weighted by Gasteiger charge is -2.10. The number of ether oxygens (including phenoxy) is 1. The smallest absolute Gasteiger partial charge is 0.433 e. The molecule has 3 rings (SSSR count). The van der Waals surface area contributed by atoms with Crippen LogP contribution < -0.4 is 10.2 Å². The number of amides is 1. The summed E-state index contributed by atoms with van der Waals surface area (Å²) in [5, 5.41) is 14.6. The molecular weight excluding hydrogens is 350 g/mol. The molecule has 3 aromatic rings. The number of benzene rings is 2. The van der Waals surface area contributed by atoms with E-state index in [1.807, 2.05) is 18.2 Å². The first kappa shape index (κ1) is 17.9. The fourth-order valence-electron chi connectivity index (χ4n) is 2.23. The maximum Gasteiger partial charge on any atom is 0.433 e. The van der Waals surface area contributed by atoms with Crippen molar-refractivity contribution in [3.63, 3.8) is 0 Å². The third-order valence-electron chi connectivity index (χ3n) is 3.56. The number of carbonyl (C=O) groups excluding carboxylic acids is 1. The number of nitrogens with one attached hydrogen (secondary N) is 1. The van der Waals surface area contributed by atoms with E-state index in [0.29, 0.717) is 17.1 Å². The first-order valence-electron chi connectivity index (χ1n) is 7.96. The molecule has 136 valence electrons. The zero-order valence-electron chi connectivity index (χ0n) is 14.3. The second-order valence-electron chi connectivity index (χ2n) is 5.44. The van der Waals surface area contributed by atoms with Gasteiger partial charge in [0.15, 0.2) is 5.76 Å². The molecule has 0 bridgehead atoms. The number of nitro groups is 1. The van der Waals surface area contributed by atoms with Crippen LogP contribution in [0.2, 0.25) is 0 Å². The standard InChI is InChI=1S/C19H15N3O5/c1-13(16-11-12-18(27-16)22(24)25)20-21-19(23)15-9-5-6-10-17(15)26-14-7-3-2-4-8-14/h2-12H,1H3,(H,21,23)/b20-13+. The Labute approximate surface area is 154 Å². The third-order valence-corrected chi connectivity index (χ3v) is 3.56. The predicted molar refractivity (Wildman–Crippen MR) is 98.0 cm³/mol. The van der Waals surface area contributed by atoms with Gasteiger partial charge in [-0.05, 0) is 37.3 Å². The normalized spacial score (nSPS) is 11.1. The van der Waals surface area contributed by atoms with Crippen LogP contribution in [0.15, 0.2) is 76.2 Å². The monoisotopic (exact) mass is 365 g/mol. The van der Waals surface area contributed by atoms with Crippen molar-refractivity contribution < 1.29 is 18.9 Å². The Bertz CT molecular complexity index is 995. The number of carbonyl (C=O) groups is 1. The summed E-state index contributed by atoms with van der Waals surface area (Å²) in [7, 11) is 0. The summed E-state index contributed by atoms with van der Waals surface area (Å²) in [4.78, 5) is 22.5. The van der Waals surface area contributed by atoms with Gasteiger partial charge in [0.1, 0.15) is 22.1 Å². The Morgan fingerprint density at radius 3 is 2.48 bits per heavy atom. The van der Waals surface area contributed by atoms with E-state index in [0.717, 1.165) is 0 Å². The van der Waals surface area contributed by atoms with Crippen LogP contribution in [0, 0.1) is 10.1 Å². The second-order valence-corrected chi connectivity index (χ2v) is 5.44. The quantitative estimate of drug-likeness (QED) is 0.401. The van der Waals surface area contributed by atoms with Gasteiger partial charge in [-0.15, -0.1) is 0 Å². The summed E-state index contributed by atoms with van der Waals surface area (Å²) in [6.07, 6.45) is 0. The summed E-state index contributed by atoms with van der Waals surface area (Å²) in [5.74, 6) is 0.285. The van der Waals surface area contributed by atoms with Crippen LogP contribution in [0.4, 0.5) is 5.88 Å². The number of para-hydroxylation sites is 2. The van der Waals surface area contributed by atoms with Gasteiger partial charge in [-0.25, -0.2) is 5.43 Å². The summed E-state index contributed by atoms with van der Waals surface area (Å²) in [5.41, 5.74) is 2.99. The fourth-order valence-corrected chi connectivity index (χ4v) is 2.23. The van der Waals surface area contributed by atoms with Gasteiger partial charge in [0.2, 0.25) is 0 Å². The molecule has 2 aromatic carbocycles. The maximum atomic E-state index is 12.5. The van der Waals surface area contributed by atoms with E-state index in [2.05, 4.69) is 10.5 Å². The van der Waals surface area contributed by atoms with Gasteiger partial charge in [-0.3, -0.25) is 14.9 Å². The Morgan fingerprint density at radius 2 is 1.78 bits per heavy atom. The predicted octanol–water partition coefficient (Wildman–Crippen LogP) is 4.13. The van der Waals surface area contributed by atoms with Gasteiger partial charge < -0.3 is 9.15 Å². The van der Waals surface area contributed by atoms with E-state index in [4.69, 9.17) is 9.15 Å². The lowest BCUT2D eigenvalue weighted by molar-refractivity contribution is -0.402. The highest BCUT2D eigenvalue weighted by molar-refractivity contribution is 6.00. The van der Waals surface area contributed by atoms with Crippen LogP contribution in [0.3, 0.4) is 0 Å². The minimum Gasteiger partial charge on any atom is -0.457 e. The van der Waals surface area contributed by atoms with Crippen molar-refractivity contribution in [1.82, 2.24) is 5.43 Å². The van der Waals surface area contributed by atoms with E-state index in [1.54, 1.807) is 43.3 Å². The molecule has 0 unspecified atom stereocenters. The van der Waals surface area contributed by atoms with Crippen molar-refractivity contribution in [3.05, 3.63) is 88.2 Å². The van der Waals surface area contributed by atoms with E-state index in [9.17, 15) is 14.9 Å². The molecule has 0 spiro atoms. The first-order chi connectivity index (χ1) is 13.0. The van der Waals surface area contributed by atoms with Crippen LogP contribution in [0.5, 0.6) is 11.5 Å². The minimum atomic E-state index is -0.646. The zero-order valence-corrected chi connectivity index (χ0v) is 14.3. The summed E-state index contributed by atoms with van der Waals surface area (Å²) in [6, 6.07) is 18.5. The summed E-state index contributed by atoms with van der Waals surface area (Å²) >= 11 is 0. The van der Waals surface area contributed by atoms with Gasteiger partial charge >= 0.3 is 5.88 Å². The highest BCUT2D eigenvalue weighted by Gasteiger charge is 2.15. The maximum absolute atomic E-state index is 12.5. The van der Waals surface area contributed by atoms with Gasteiger partial charge in [0.25, 0.3) is 5.91 Å². The molecule has 27 heavy (non-hydrogen) atoms. The Hall–Kier alpha value is -3.94. The van der Waals surface area contributed by atoms with Gasteiger partial charge in [0, 0.05) is 0 Å². The van der Waals surface area contributed by atoms with Gasteiger partial charge in [0.05, 0.1) is 11.6 Å². The van der Waals surface area contributed by atoms with Crippen molar-refractivity contribution in [1.29, 1.82) is 0 Å². The number of furan rings is 1. The molecule has 1 N–H and O–H groups in total. The van der Waals surface area contributed by atoms with Gasteiger partial charge in [-0.1, -0.05) is 30.3 Å². The van der Waals surface area contributed by atoms with Crippen molar-refractivity contribution in [2.75, 3.05) is 0 Å². The van der Waals surface area contributed by atoms with Crippen molar-refractivity contribution in [3.8, 4) is 11.5 Å². The minimum absolute atomic E-state index is 0.191. The molecule has 0 aliphatic rings. The van der Waals surface area contributed by atoms with E-state index >= 15 is 0 Å². The van der Waals surface area contributed by atoms with Crippen molar-refractivity contribution in [2.24, 2.45) is 5.10 Å². The van der Waals surface area contributed by atoms with E-state index < -0.39 is 16.7 Å². The third kappa shape index (κ3) is 4.37. The molecule has 1 amide bonds. The molecular formula is C19H15N3O5. The molecule has 8 heteroatoms. The summed E-state index contributed by atoms with van der Waals surface area (Å²) < 4.78 is 10.8. The summed E-state index contributed by atoms with van der Waals surface area (Å²) in [6.45, 7) is 1.56. The van der Waals surface area contributed by atoms with E-state index in [1.165, 1.54) is 12.1 Å². The molecule has 1 aromatic heterocycles. The molecule has 0 saturated carbocycles. The molecule has 0 fully saturated rings. The number of nitrogens with zero attached hydrogens (tertiary/aromatic N) is 2. The van der Waals surface area contributed by atoms with E-state index in [-0.39, 0.29) is 11.5 Å². The molecule has 0 aliphatic carbocycles. The highest BCUT2D eigenvalue weighted by Crippen LogP contribution is 2.25. The topological polar surface area (TPSA) is 107 Å². The lowest BCUT2D eigenvalue weighted by atomic mass is 10.2. The first-order valence-corrected chi connectivity index (χ1v) is 7.96. The van der Waals surface area contributed by atoms with Gasteiger partial charge in [-0.2, -0.15) is 5.10 Å². The number of hydrogen-bond acceptors (Lipinski definition) is 6. The molecule has 8 nitrogen and oxygen atoms in total. The second kappa shape index (κ2) is 7.96. The Morgan fingerprint density at radius 1 is 1.07 bits per heavy atom. The Kier molecular flexibility index (Phi) is 5.27. The molecule has 0 atom stereocenters. The van der Waals surface area contributed by atoms with Crippen molar-refractivity contribution in [2.45, 2.75) is 6.92 Å². The fraction of sp³-hybridized carbons (Fsp3) is 0.0526. The number of hydrogen-bond donors (Lipinski definition) is 1. The average molecular weight is 365 g/mol. The largest absolute Gasteiger partial charge is 0.457 e. The zero-order chi connectivity index (χ0) is 19.2. The number of rotatable bonds is 6. The molecule has 1 heterocycles. The number of hydrazone groups is 1. The lowest BCUT2D eigenvalue weighted by Crippen LogP contribution is -2.19. The molecule has 0 saturated heterocycles.